The normalized spacial score (nSPS) is 19.2. The molecule has 1 fully saturated rings. The van der Waals surface area contributed by atoms with Crippen molar-refractivity contribution in [2.45, 2.75) is 19.4 Å². The third-order valence-corrected chi connectivity index (χ3v) is 3.89. The number of carbonyl (C=O) groups excluding carboxylic acids is 1. The fourth-order valence-electron chi connectivity index (χ4n) is 2.22. The Morgan fingerprint density at radius 3 is 3.05 bits per heavy atom. The first kappa shape index (κ1) is 13.8. The Kier molecular flexibility index (Phi) is 4.36. The SMILES string of the molecule is CN(Cc1cscn1)C(=O)N1CCCC(C(=O)O)C1. The van der Waals surface area contributed by atoms with E-state index < -0.39 is 11.9 Å². The van der Waals surface area contributed by atoms with Crippen LogP contribution in [0.3, 0.4) is 0 Å². The van der Waals surface area contributed by atoms with Gasteiger partial charge in [0.25, 0.3) is 0 Å². The summed E-state index contributed by atoms with van der Waals surface area (Å²) in [4.78, 5) is 30.6. The highest BCUT2D eigenvalue weighted by molar-refractivity contribution is 7.07. The Labute approximate surface area is 115 Å². The number of carbonyl (C=O) groups is 2. The van der Waals surface area contributed by atoms with Gasteiger partial charge in [0.2, 0.25) is 0 Å². The summed E-state index contributed by atoms with van der Waals surface area (Å²) in [5.74, 6) is -1.26. The van der Waals surface area contributed by atoms with Crippen molar-refractivity contribution in [1.82, 2.24) is 14.8 Å². The predicted octanol–water partition coefficient (Wildman–Crippen LogP) is 1.49. The average molecular weight is 283 g/mol. The molecule has 6 nitrogen and oxygen atoms in total. The minimum absolute atomic E-state index is 0.126. The molecule has 0 aliphatic carbocycles. The van der Waals surface area contributed by atoms with Crippen LogP contribution in [0.25, 0.3) is 0 Å². The quantitative estimate of drug-likeness (QED) is 0.912. The fraction of sp³-hybridized carbons (Fsp3) is 0.583. The van der Waals surface area contributed by atoms with Gasteiger partial charge in [-0.1, -0.05) is 0 Å². The first-order valence-corrected chi connectivity index (χ1v) is 7.12. The first-order chi connectivity index (χ1) is 9.08. The Morgan fingerprint density at radius 2 is 2.42 bits per heavy atom. The summed E-state index contributed by atoms with van der Waals surface area (Å²) < 4.78 is 0. The van der Waals surface area contributed by atoms with Gasteiger partial charge in [-0.15, -0.1) is 11.3 Å². The van der Waals surface area contributed by atoms with Crippen molar-refractivity contribution in [3.63, 3.8) is 0 Å². The summed E-state index contributed by atoms with van der Waals surface area (Å²) in [7, 11) is 1.71. The van der Waals surface area contributed by atoms with Crippen molar-refractivity contribution in [1.29, 1.82) is 0 Å². The maximum atomic E-state index is 12.2. The highest BCUT2D eigenvalue weighted by atomic mass is 32.1. The highest BCUT2D eigenvalue weighted by Crippen LogP contribution is 2.18. The molecule has 1 aliphatic heterocycles. The van der Waals surface area contributed by atoms with Gasteiger partial charge >= 0.3 is 12.0 Å². The van der Waals surface area contributed by atoms with E-state index in [1.807, 2.05) is 5.38 Å². The van der Waals surface area contributed by atoms with Gasteiger partial charge in [0.05, 0.1) is 23.7 Å². The van der Waals surface area contributed by atoms with E-state index >= 15 is 0 Å². The van der Waals surface area contributed by atoms with E-state index in [0.29, 0.717) is 26.1 Å². The van der Waals surface area contributed by atoms with Crippen LogP contribution in [-0.4, -0.2) is 52.0 Å². The Morgan fingerprint density at radius 1 is 1.63 bits per heavy atom. The molecule has 1 aromatic rings. The van der Waals surface area contributed by atoms with Crippen LogP contribution in [0.4, 0.5) is 4.79 Å². The number of aliphatic carboxylic acids is 1. The van der Waals surface area contributed by atoms with Crippen molar-refractivity contribution >= 4 is 23.3 Å². The zero-order valence-corrected chi connectivity index (χ0v) is 11.6. The van der Waals surface area contributed by atoms with Crippen LogP contribution in [-0.2, 0) is 11.3 Å². The number of rotatable bonds is 3. The molecule has 0 bridgehead atoms. The Hall–Kier alpha value is -1.63. The molecule has 2 amide bonds. The molecule has 1 aromatic heterocycles. The van der Waals surface area contributed by atoms with Crippen LogP contribution in [0, 0.1) is 5.92 Å². The minimum atomic E-state index is -0.820. The summed E-state index contributed by atoms with van der Waals surface area (Å²) in [5, 5.41) is 10.9. The molecular formula is C12H17N3O3S. The van der Waals surface area contributed by atoms with E-state index in [1.165, 1.54) is 11.3 Å². The van der Waals surface area contributed by atoms with E-state index in [1.54, 1.807) is 22.4 Å². The molecule has 1 N–H and O–H groups in total. The standard InChI is InChI=1S/C12H17N3O3S/c1-14(6-10-7-19-8-13-10)12(18)15-4-2-3-9(5-15)11(16)17/h7-9H,2-6H2,1H3,(H,16,17). The zero-order chi connectivity index (χ0) is 13.8. The number of hydrogen-bond acceptors (Lipinski definition) is 4. The van der Waals surface area contributed by atoms with Crippen LogP contribution >= 0.6 is 11.3 Å². The number of piperidine rings is 1. The first-order valence-electron chi connectivity index (χ1n) is 6.18. The monoisotopic (exact) mass is 283 g/mol. The van der Waals surface area contributed by atoms with Crippen molar-refractivity contribution in [3.8, 4) is 0 Å². The third-order valence-electron chi connectivity index (χ3n) is 3.25. The molecule has 0 spiro atoms. The maximum Gasteiger partial charge on any atom is 0.320 e. The second kappa shape index (κ2) is 6.01. The lowest BCUT2D eigenvalue weighted by atomic mass is 9.99. The van der Waals surface area contributed by atoms with Gasteiger partial charge in [-0.25, -0.2) is 9.78 Å². The van der Waals surface area contributed by atoms with E-state index in [2.05, 4.69) is 4.98 Å². The third kappa shape index (κ3) is 3.44. The number of hydrogen-bond donors (Lipinski definition) is 1. The molecule has 1 saturated heterocycles. The molecule has 0 radical (unpaired) electrons. The van der Waals surface area contributed by atoms with Crippen molar-refractivity contribution < 1.29 is 14.7 Å². The minimum Gasteiger partial charge on any atom is -0.481 e. The number of likely N-dealkylation sites (tertiary alicyclic amines) is 1. The highest BCUT2D eigenvalue weighted by Gasteiger charge is 2.29. The number of aromatic nitrogens is 1. The summed E-state index contributed by atoms with van der Waals surface area (Å²) in [6.45, 7) is 1.39. The molecule has 1 unspecified atom stereocenters. The Bertz CT molecular complexity index is 449. The van der Waals surface area contributed by atoms with Gasteiger partial charge in [-0.05, 0) is 12.8 Å². The van der Waals surface area contributed by atoms with Crippen LogP contribution in [0.2, 0.25) is 0 Å². The van der Waals surface area contributed by atoms with Gasteiger partial charge in [-0.2, -0.15) is 0 Å². The lowest BCUT2D eigenvalue weighted by Gasteiger charge is -2.33. The number of thiazole rings is 1. The topological polar surface area (TPSA) is 73.7 Å². The molecule has 0 aromatic carbocycles. The lowest BCUT2D eigenvalue weighted by Crippen LogP contribution is -2.47. The molecule has 0 saturated carbocycles. The lowest BCUT2D eigenvalue weighted by molar-refractivity contribution is -0.143. The molecule has 7 heteroatoms. The summed E-state index contributed by atoms with van der Waals surface area (Å²) in [5.41, 5.74) is 2.59. The largest absolute Gasteiger partial charge is 0.481 e. The number of nitrogens with zero attached hydrogens (tertiary/aromatic N) is 3. The maximum absolute atomic E-state index is 12.2. The predicted molar refractivity (Wildman–Crippen MR) is 70.9 cm³/mol. The van der Waals surface area contributed by atoms with Crippen molar-refractivity contribution in [3.05, 3.63) is 16.6 Å². The van der Waals surface area contributed by atoms with E-state index in [9.17, 15) is 9.59 Å². The molecule has 2 heterocycles. The van der Waals surface area contributed by atoms with Gasteiger partial charge in [0, 0.05) is 25.5 Å². The average Bonchev–Trinajstić information content (AvgIpc) is 2.90. The number of carboxylic acid groups (broad SMARTS) is 1. The van der Waals surface area contributed by atoms with Gasteiger partial charge in [0.15, 0.2) is 0 Å². The number of urea groups is 1. The molecule has 1 aliphatic rings. The smallest absolute Gasteiger partial charge is 0.320 e. The van der Waals surface area contributed by atoms with Crippen LogP contribution in [0.5, 0.6) is 0 Å². The summed E-state index contributed by atoms with van der Waals surface area (Å²) in [6.07, 6.45) is 1.39. The number of amides is 2. The Balaban J connectivity index is 1.93. The van der Waals surface area contributed by atoms with Crippen LogP contribution < -0.4 is 0 Å². The van der Waals surface area contributed by atoms with E-state index in [4.69, 9.17) is 5.11 Å². The van der Waals surface area contributed by atoms with Crippen LogP contribution in [0.1, 0.15) is 18.5 Å². The van der Waals surface area contributed by atoms with E-state index in [-0.39, 0.29) is 6.03 Å². The van der Waals surface area contributed by atoms with Crippen molar-refractivity contribution in [2.75, 3.05) is 20.1 Å². The summed E-state index contributed by atoms with van der Waals surface area (Å²) in [6, 6.07) is -0.126. The second-order valence-electron chi connectivity index (χ2n) is 4.74. The fourth-order valence-corrected chi connectivity index (χ4v) is 2.77. The van der Waals surface area contributed by atoms with Gasteiger partial charge in [-0.3, -0.25) is 4.79 Å². The molecule has 1 atom stereocenters. The second-order valence-corrected chi connectivity index (χ2v) is 5.46. The van der Waals surface area contributed by atoms with Crippen LogP contribution in [0.15, 0.2) is 10.9 Å². The zero-order valence-electron chi connectivity index (χ0n) is 10.8. The molecule has 104 valence electrons. The van der Waals surface area contributed by atoms with Gasteiger partial charge < -0.3 is 14.9 Å². The molecule has 2 rings (SSSR count). The number of carboxylic acids is 1. The summed E-state index contributed by atoms with van der Waals surface area (Å²) >= 11 is 1.49. The molecular weight excluding hydrogens is 266 g/mol. The van der Waals surface area contributed by atoms with E-state index in [0.717, 1.165) is 12.1 Å². The molecule has 19 heavy (non-hydrogen) atoms. The van der Waals surface area contributed by atoms with Crippen molar-refractivity contribution in [2.24, 2.45) is 5.92 Å². The van der Waals surface area contributed by atoms with Gasteiger partial charge in [0.1, 0.15) is 0 Å².